The molecule has 1 aliphatic heterocycles. The van der Waals surface area contributed by atoms with Gasteiger partial charge in [0.25, 0.3) is 0 Å². The Labute approximate surface area is 228 Å². The molecule has 0 saturated heterocycles. The molecule has 0 unspecified atom stereocenters. The Morgan fingerprint density at radius 2 is 1.33 bits per heavy atom. The van der Waals surface area contributed by atoms with E-state index in [0.717, 1.165) is 0 Å². The van der Waals surface area contributed by atoms with Crippen LogP contribution in [-0.2, 0) is 5.41 Å². The first-order valence-corrected chi connectivity index (χ1v) is 13.6. The largest absolute Gasteiger partial charge is 0.354 e. The van der Waals surface area contributed by atoms with Crippen molar-refractivity contribution in [2.24, 2.45) is 0 Å². The number of aromatic nitrogens is 1. The Kier molecular flexibility index (Phi) is 4.60. The average molecular weight is 501 g/mol. The highest BCUT2D eigenvalue weighted by atomic mass is 15.2. The number of rotatable bonds is 2. The number of anilines is 3. The average Bonchev–Trinajstić information content (AvgIpc) is 3.37. The second kappa shape index (κ2) is 8.09. The quantitative estimate of drug-likeness (QED) is 0.250. The van der Waals surface area contributed by atoms with Crippen LogP contribution in [0.1, 0.15) is 25.0 Å². The molecule has 2 nitrogen and oxygen atoms in total. The molecule has 7 aromatic rings. The van der Waals surface area contributed by atoms with Crippen molar-refractivity contribution in [3.8, 4) is 11.1 Å². The topological polar surface area (TPSA) is 19.0 Å². The molecule has 6 aromatic carbocycles. The molecule has 0 fully saturated rings. The van der Waals surface area contributed by atoms with E-state index < -0.39 is 0 Å². The fourth-order valence-corrected chi connectivity index (χ4v) is 6.68. The van der Waals surface area contributed by atoms with E-state index in [9.17, 15) is 0 Å². The van der Waals surface area contributed by atoms with Gasteiger partial charge in [-0.2, -0.15) is 0 Å². The molecule has 0 bridgehead atoms. The smallest absolute Gasteiger partial charge is 0.0544 e. The summed E-state index contributed by atoms with van der Waals surface area (Å²) in [6.07, 6.45) is 0. The molecule has 1 N–H and O–H groups in total. The number of benzene rings is 6. The number of hydrogen-bond donors (Lipinski definition) is 1. The Morgan fingerprint density at radius 1 is 0.590 bits per heavy atom. The lowest BCUT2D eigenvalue weighted by Crippen LogP contribution is -2.30. The lowest BCUT2D eigenvalue weighted by atomic mass is 9.73. The van der Waals surface area contributed by atoms with Gasteiger partial charge in [0.15, 0.2) is 0 Å². The van der Waals surface area contributed by atoms with Gasteiger partial charge in [0.05, 0.1) is 16.9 Å². The summed E-state index contributed by atoms with van der Waals surface area (Å²) < 4.78 is 0. The van der Waals surface area contributed by atoms with Crippen molar-refractivity contribution in [3.63, 3.8) is 0 Å². The van der Waals surface area contributed by atoms with Gasteiger partial charge < -0.3 is 9.88 Å². The number of aromatic amines is 1. The van der Waals surface area contributed by atoms with E-state index in [1.54, 1.807) is 0 Å². The van der Waals surface area contributed by atoms with E-state index in [-0.39, 0.29) is 5.41 Å². The Morgan fingerprint density at radius 3 is 2.23 bits per heavy atom. The minimum atomic E-state index is -0.109. The first kappa shape index (κ1) is 22.2. The highest BCUT2D eigenvalue weighted by Crippen LogP contribution is 2.52. The predicted molar refractivity (Wildman–Crippen MR) is 166 cm³/mol. The standard InChI is InChI=1S/C37H28N2/c1-37(2)30-17-8-9-18-33(30)39(26-12-4-3-5-13-26)34-23-25(19-21-31(34)37)28-15-10-16-29-35-27-14-7-6-11-24(27)20-22-32(35)38-36(28)29/h3-23,38H,1-2H3. The number of hydrogen-bond acceptors (Lipinski definition) is 1. The van der Waals surface area contributed by atoms with Gasteiger partial charge in [0, 0.05) is 33.0 Å². The van der Waals surface area contributed by atoms with Crippen LogP contribution in [0.3, 0.4) is 0 Å². The molecule has 186 valence electrons. The summed E-state index contributed by atoms with van der Waals surface area (Å²) in [6, 6.07) is 46.4. The monoisotopic (exact) mass is 500 g/mol. The van der Waals surface area contributed by atoms with Gasteiger partial charge in [0.1, 0.15) is 0 Å². The first-order valence-electron chi connectivity index (χ1n) is 13.6. The fourth-order valence-electron chi connectivity index (χ4n) is 6.68. The number of fused-ring (bicyclic) bond motifs is 7. The maximum atomic E-state index is 3.78. The molecule has 2 heteroatoms. The van der Waals surface area contributed by atoms with E-state index in [4.69, 9.17) is 0 Å². The van der Waals surface area contributed by atoms with E-state index >= 15 is 0 Å². The van der Waals surface area contributed by atoms with Gasteiger partial charge in [-0.3, -0.25) is 0 Å². The van der Waals surface area contributed by atoms with Crippen molar-refractivity contribution in [3.05, 3.63) is 139 Å². The van der Waals surface area contributed by atoms with Gasteiger partial charge in [-0.05, 0) is 57.8 Å². The molecule has 0 radical (unpaired) electrons. The third kappa shape index (κ3) is 3.15. The molecule has 0 aliphatic carbocycles. The second-order valence-corrected chi connectivity index (χ2v) is 11.1. The van der Waals surface area contributed by atoms with Gasteiger partial charge >= 0.3 is 0 Å². The Hall–Kier alpha value is -4.82. The Bertz CT molecular complexity index is 2050. The molecular weight excluding hydrogens is 472 g/mol. The van der Waals surface area contributed by atoms with Gasteiger partial charge in [-0.15, -0.1) is 0 Å². The van der Waals surface area contributed by atoms with Crippen LogP contribution < -0.4 is 4.90 Å². The van der Waals surface area contributed by atoms with Crippen LogP contribution in [0.5, 0.6) is 0 Å². The minimum absolute atomic E-state index is 0.109. The lowest BCUT2D eigenvalue weighted by Gasteiger charge is -2.42. The summed E-state index contributed by atoms with van der Waals surface area (Å²) in [4.78, 5) is 6.21. The third-order valence-corrected chi connectivity index (χ3v) is 8.58. The number of para-hydroxylation sites is 3. The molecule has 1 aromatic heterocycles. The normalized spacial score (nSPS) is 14.1. The molecule has 0 spiro atoms. The van der Waals surface area contributed by atoms with Crippen molar-refractivity contribution in [1.82, 2.24) is 4.98 Å². The fraction of sp³-hybridized carbons (Fsp3) is 0.0811. The number of H-pyrrole nitrogens is 1. The highest BCUT2D eigenvalue weighted by molar-refractivity contribution is 6.22. The SMILES string of the molecule is CC1(C)c2ccccc2N(c2ccccc2)c2cc(-c3cccc4c3[nH]c3ccc5ccccc5c34)ccc21. The number of nitrogens with one attached hydrogen (secondary N) is 1. The van der Waals surface area contributed by atoms with Crippen molar-refractivity contribution < 1.29 is 0 Å². The maximum absolute atomic E-state index is 3.78. The van der Waals surface area contributed by atoms with Crippen molar-refractivity contribution in [1.29, 1.82) is 0 Å². The van der Waals surface area contributed by atoms with Crippen molar-refractivity contribution in [2.45, 2.75) is 19.3 Å². The van der Waals surface area contributed by atoms with Gasteiger partial charge in [-0.25, -0.2) is 0 Å². The molecule has 0 atom stereocenters. The van der Waals surface area contributed by atoms with Crippen molar-refractivity contribution >= 4 is 49.6 Å². The first-order chi connectivity index (χ1) is 19.1. The molecule has 1 aliphatic rings. The summed E-state index contributed by atoms with van der Waals surface area (Å²) in [7, 11) is 0. The summed E-state index contributed by atoms with van der Waals surface area (Å²) >= 11 is 0. The molecule has 0 saturated carbocycles. The molecule has 0 amide bonds. The highest BCUT2D eigenvalue weighted by Gasteiger charge is 2.36. The van der Waals surface area contributed by atoms with Crippen molar-refractivity contribution in [2.75, 3.05) is 4.90 Å². The van der Waals surface area contributed by atoms with Crippen LogP contribution >= 0.6 is 0 Å². The molecule has 8 rings (SSSR count). The van der Waals surface area contributed by atoms with Crippen LogP contribution in [-0.4, -0.2) is 4.98 Å². The predicted octanol–water partition coefficient (Wildman–Crippen LogP) is 10.3. The molecular formula is C37H28N2. The van der Waals surface area contributed by atoms with Crippen LogP contribution in [0.4, 0.5) is 17.1 Å². The third-order valence-electron chi connectivity index (χ3n) is 8.58. The zero-order chi connectivity index (χ0) is 26.1. The van der Waals surface area contributed by atoms with Crippen LogP contribution in [0.15, 0.2) is 127 Å². The lowest BCUT2D eigenvalue weighted by molar-refractivity contribution is 0.632. The van der Waals surface area contributed by atoms with Gasteiger partial charge in [-0.1, -0.05) is 111 Å². The second-order valence-electron chi connectivity index (χ2n) is 11.1. The molecule has 2 heterocycles. The van der Waals surface area contributed by atoms with Crippen LogP contribution in [0, 0.1) is 0 Å². The number of nitrogens with zero attached hydrogens (tertiary/aromatic N) is 1. The zero-order valence-corrected chi connectivity index (χ0v) is 22.1. The Balaban J connectivity index is 1.39. The van der Waals surface area contributed by atoms with E-state index in [0.29, 0.717) is 0 Å². The van der Waals surface area contributed by atoms with Crippen LogP contribution in [0.2, 0.25) is 0 Å². The maximum Gasteiger partial charge on any atom is 0.0544 e. The van der Waals surface area contributed by atoms with E-state index in [2.05, 4.69) is 151 Å². The molecule has 39 heavy (non-hydrogen) atoms. The summed E-state index contributed by atoms with van der Waals surface area (Å²) in [6.45, 7) is 4.69. The summed E-state index contributed by atoms with van der Waals surface area (Å²) in [5.41, 5.74) is 11.0. The van der Waals surface area contributed by atoms with E-state index in [1.807, 2.05) is 0 Å². The minimum Gasteiger partial charge on any atom is -0.354 e. The van der Waals surface area contributed by atoms with Crippen LogP contribution in [0.25, 0.3) is 43.7 Å². The zero-order valence-electron chi connectivity index (χ0n) is 22.1. The summed E-state index contributed by atoms with van der Waals surface area (Å²) in [5, 5.41) is 5.12. The van der Waals surface area contributed by atoms with E-state index in [1.165, 1.54) is 71.9 Å². The van der Waals surface area contributed by atoms with Gasteiger partial charge in [0.2, 0.25) is 0 Å². The summed E-state index contributed by atoms with van der Waals surface area (Å²) in [5.74, 6) is 0.